The summed E-state index contributed by atoms with van der Waals surface area (Å²) in [5.74, 6) is 1.67. The van der Waals surface area contributed by atoms with Gasteiger partial charge in [0.05, 0.1) is 19.8 Å². The van der Waals surface area contributed by atoms with Crippen LogP contribution in [0.3, 0.4) is 0 Å². The van der Waals surface area contributed by atoms with Crippen molar-refractivity contribution >= 4 is 5.96 Å². The van der Waals surface area contributed by atoms with Gasteiger partial charge in [-0.3, -0.25) is 4.99 Å². The van der Waals surface area contributed by atoms with Gasteiger partial charge in [0.2, 0.25) is 0 Å². The summed E-state index contributed by atoms with van der Waals surface area (Å²) in [5.41, 5.74) is 4.67. The second-order valence-corrected chi connectivity index (χ2v) is 7.45. The molecule has 30 heavy (non-hydrogen) atoms. The van der Waals surface area contributed by atoms with E-state index in [0.717, 1.165) is 36.9 Å². The Kier molecular flexibility index (Phi) is 8.53. The molecule has 2 aromatic rings. The summed E-state index contributed by atoms with van der Waals surface area (Å²) in [5, 5.41) is 6.76. The zero-order valence-corrected chi connectivity index (χ0v) is 18.2. The molecule has 1 aliphatic heterocycles. The fraction of sp³-hybridized carbons (Fsp3) is 0.458. The molecule has 0 saturated carbocycles. The lowest BCUT2D eigenvalue weighted by molar-refractivity contribution is 0.134. The third kappa shape index (κ3) is 6.75. The van der Waals surface area contributed by atoms with Crippen LogP contribution in [0.25, 0.3) is 0 Å². The van der Waals surface area contributed by atoms with Crippen LogP contribution in [0.5, 0.6) is 5.75 Å². The number of nitrogens with one attached hydrogen (secondary N) is 2. The van der Waals surface area contributed by atoms with Gasteiger partial charge in [0, 0.05) is 38.7 Å². The maximum Gasteiger partial charge on any atom is 0.191 e. The molecule has 0 aromatic heterocycles. The minimum Gasteiger partial charge on any atom is -0.488 e. The maximum atomic E-state index is 6.19. The molecule has 1 heterocycles. The van der Waals surface area contributed by atoms with Crippen LogP contribution in [-0.4, -0.2) is 38.9 Å². The van der Waals surface area contributed by atoms with Gasteiger partial charge in [0.1, 0.15) is 11.9 Å². The Morgan fingerprint density at radius 3 is 2.57 bits per heavy atom. The van der Waals surface area contributed by atoms with Crippen molar-refractivity contribution in [2.75, 3.05) is 26.9 Å². The van der Waals surface area contributed by atoms with Crippen molar-refractivity contribution in [3.05, 3.63) is 64.7 Å². The highest BCUT2D eigenvalue weighted by Crippen LogP contribution is 2.23. The first kappa shape index (κ1) is 22.1. The molecule has 0 aliphatic carbocycles. The molecule has 1 saturated heterocycles. The highest BCUT2D eigenvalue weighted by Gasteiger charge is 2.18. The quantitative estimate of drug-likeness (QED) is 0.488. The average Bonchev–Trinajstić information content (AvgIpc) is 3.27. The topological polar surface area (TPSA) is 64.1 Å². The van der Waals surface area contributed by atoms with E-state index in [1.165, 1.54) is 16.7 Å². The van der Waals surface area contributed by atoms with E-state index in [9.17, 15) is 0 Å². The number of hydrogen-bond donors (Lipinski definition) is 2. The van der Waals surface area contributed by atoms with Gasteiger partial charge in [-0.15, -0.1) is 0 Å². The molecule has 0 spiro atoms. The van der Waals surface area contributed by atoms with E-state index < -0.39 is 0 Å². The monoisotopic (exact) mass is 411 g/mol. The molecule has 2 N–H and O–H groups in total. The first-order valence-electron chi connectivity index (χ1n) is 10.6. The average molecular weight is 412 g/mol. The molecule has 0 amide bonds. The van der Waals surface area contributed by atoms with E-state index in [1.54, 1.807) is 7.05 Å². The largest absolute Gasteiger partial charge is 0.488 e. The van der Waals surface area contributed by atoms with Crippen molar-refractivity contribution in [2.45, 2.75) is 46.1 Å². The smallest absolute Gasteiger partial charge is 0.191 e. The van der Waals surface area contributed by atoms with Gasteiger partial charge >= 0.3 is 0 Å². The van der Waals surface area contributed by atoms with Crippen LogP contribution < -0.4 is 15.4 Å². The standard InChI is InChI=1S/C24H33N3O3/c1-4-28-16-20-8-6-19(7-9-20)14-26-24(25-3)27-15-21-10-5-18(2)13-23(21)30-22-11-12-29-17-22/h5-10,13,22H,4,11-12,14-17H2,1-3H3,(H2,25,26,27). The fourth-order valence-electron chi connectivity index (χ4n) is 3.26. The summed E-state index contributed by atoms with van der Waals surface area (Å²) in [6, 6.07) is 14.7. The van der Waals surface area contributed by atoms with Crippen LogP contribution in [-0.2, 0) is 29.2 Å². The molecule has 1 aliphatic rings. The van der Waals surface area contributed by atoms with Crippen molar-refractivity contribution in [3.8, 4) is 5.75 Å². The van der Waals surface area contributed by atoms with E-state index in [0.29, 0.717) is 26.3 Å². The van der Waals surface area contributed by atoms with Gasteiger partial charge < -0.3 is 24.8 Å². The predicted molar refractivity (Wildman–Crippen MR) is 120 cm³/mol. The summed E-state index contributed by atoms with van der Waals surface area (Å²) in [6.07, 6.45) is 1.07. The lowest BCUT2D eigenvalue weighted by Gasteiger charge is -2.18. The zero-order chi connectivity index (χ0) is 21.2. The molecule has 1 fully saturated rings. The van der Waals surface area contributed by atoms with E-state index >= 15 is 0 Å². The summed E-state index contributed by atoms with van der Waals surface area (Å²) >= 11 is 0. The van der Waals surface area contributed by atoms with E-state index in [1.807, 2.05) is 6.92 Å². The van der Waals surface area contributed by atoms with Gasteiger partial charge in [-0.25, -0.2) is 0 Å². The molecule has 162 valence electrons. The number of rotatable bonds is 9. The van der Waals surface area contributed by atoms with Crippen LogP contribution >= 0.6 is 0 Å². The first-order valence-corrected chi connectivity index (χ1v) is 10.6. The van der Waals surface area contributed by atoms with Crippen LogP contribution in [0.1, 0.15) is 35.6 Å². The Hall–Kier alpha value is -2.57. The minimum atomic E-state index is 0.133. The third-order valence-corrected chi connectivity index (χ3v) is 5.03. The molecule has 6 nitrogen and oxygen atoms in total. The second-order valence-electron chi connectivity index (χ2n) is 7.45. The summed E-state index contributed by atoms with van der Waals surface area (Å²) in [7, 11) is 1.78. The van der Waals surface area contributed by atoms with Crippen molar-refractivity contribution in [2.24, 2.45) is 4.99 Å². The van der Waals surface area contributed by atoms with Crippen LogP contribution in [0.4, 0.5) is 0 Å². The highest BCUT2D eigenvalue weighted by atomic mass is 16.5. The van der Waals surface area contributed by atoms with Gasteiger partial charge in [-0.05, 0) is 36.6 Å². The van der Waals surface area contributed by atoms with Crippen molar-refractivity contribution in [3.63, 3.8) is 0 Å². The Morgan fingerprint density at radius 2 is 1.87 bits per heavy atom. The van der Waals surface area contributed by atoms with Gasteiger partial charge in [-0.1, -0.05) is 36.4 Å². The highest BCUT2D eigenvalue weighted by molar-refractivity contribution is 5.79. The molecule has 3 rings (SSSR count). The van der Waals surface area contributed by atoms with Gasteiger partial charge in [-0.2, -0.15) is 0 Å². The summed E-state index contributed by atoms with van der Waals surface area (Å²) < 4.78 is 17.1. The van der Waals surface area contributed by atoms with Crippen molar-refractivity contribution in [1.82, 2.24) is 10.6 Å². The molecule has 1 unspecified atom stereocenters. The van der Waals surface area contributed by atoms with Crippen molar-refractivity contribution < 1.29 is 14.2 Å². The molecular weight excluding hydrogens is 378 g/mol. The van der Waals surface area contributed by atoms with Gasteiger partial charge in [0.25, 0.3) is 0 Å². The number of nitrogens with zero attached hydrogens (tertiary/aromatic N) is 1. The number of hydrogen-bond acceptors (Lipinski definition) is 4. The van der Waals surface area contributed by atoms with Crippen LogP contribution in [0, 0.1) is 6.92 Å². The van der Waals surface area contributed by atoms with Crippen molar-refractivity contribution in [1.29, 1.82) is 0 Å². The Morgan fingerprint density at radius 1 is 1.10 bits per heavy atom. The predicted octanol–water partition coefficient (Wildman–Crippen LogP) is 3.56. The number of aryl methyl sites for hydroxylation is 1. The van der Waals surface area contributed by atoms with Crippen LogP contribution in [0.2, 0.25) is 0 Å². The SMILES string of the molecule is CCOCc1ccc(CNC(=NC)NCc2ccc(C)cc2OC2CCOC2)cc1. The molecular formula is C24H33N3O3. The van der Waals surface area contributed by atoms with E-state index in [-0.39, 0.29) is 6.10 Å². The lowest BCUT2D eigenvalue weighted by atomic mass is 10.1. The molecule has 6 heteroatoms. The maximum absolute atomic E-state index is 6.19. The second kappa shape index (κ2) is 11.6. The molecule has 0 radical (unpaired) electrons. The Bertz CT molecular complexity index is 815. The number of aliphatic imine (C=N–C) groups is 1. The third-order valence-electron chi connectivity index (χ3n) is 5.03. The van der Waals surface area contributed by atoms with E-state index in [4.69, 9.17) is 14.2 Å². The van der Waals surface area contributed by atoms with E-state index in [2.05, 4.69) is 65.0 Å². The first-order chi connectivity index (χ1) is 14.7. The summed E-state index contributed by atoms with van der Waals surface area (Å²) in [4.78, 5) is 4.34. The van der Waals surface area contributed by atoms with Crippen LogP contribution in [0.15, 0.2) is 47.5 Å². The lowest BCUT2D eigenvalue weighted by Crippen LogP contribution is -2.36. The molecule has 0 bridgehead atoms. The number of guanidine groups is 1. The minimum absolute atomic E-state index is 0.133. The Balaban J connectivity index is 1.52. The summed E-state index contributed by atoms with van der Waals surface area (Å²) in [6.45, 7) is 8.23. The molecule has 1 atom stereocenters. The molecule has 2 aromatic carbocycles. The zero-order valence-electron chi connectivity index (χ0n) is 18.2. The fourth-order valence-corrected chi connectivity index (χ4v) is 3.26. The van der Waals surface area contributed by atoms with Gasteiger partial charge in [0.15, 0.2) is 5.96 Å². The number of ether oxygens (including phenoxy) is 3. The normalized spacial score (nSPS) is 16.5. The Labute approximate surface area is 179 Å². The number of benzene rings is 2.